The number of carbonyl (C=O) groups is 1. The first-order valence-corrected chi connectivity index (χ1v) is 10.6. The molecule has 2 aromatic rings. The molecule has 4 rings (SSSR count). The Morgan fingerprint density at radius 3 is 2.82 bits per heavy atom. The summed E-state index contributed by atoms with van der Waals surface area (Å²) in [5, 5.41) is 7.36. The molecule has 2 fully saturated rings. The number of H-pyrrole nitrogens is 1. The van der Waals surface area contributed by atoms with Gasteiger partial charge in [-0.1, -0.05) is 11.8 Å². The normalized spacial score (nSPS) is 27.4. The maximum Gasteiger partial charge on any atom is 0.289 e. The van der Waals surface area contributed by atoms with Gasteiger partial charge in [-0.15, -0.1) is 0 Å². The Morgan fingerprint density at radius 1 is 1.36 bits per heavy atom. The molecule has 2 aromatic heterocycles. The number of hydrogen-bond acceptors (Lipinski definition) is 7. The fourth-order valence-corrected chi connectivity index (χ4v) is 5.16. The number of rotatable bonds is 6. The molecule has 1 N–H and O–H groups in total. The number of nitrogens with one attached hydrogen (secondary N) is 1. The van der Waals surface area contributed by atoms with Crippen LogP contribution in [0.25, 0.3) is 0 Å². The first-order valence-electron chi connectivity index (χ1n) is 9.60. The molecule has 0 radical (unpaired) electrons. The van der Waals surface area contributed by atoms with E-state index in [1.54, 1.807) is 13.2 Å². The molecule has 1 saturated heterocycles. The van der Waals surface area contributed by atoms with Crippen LogP contribution in [0.3, 0.4) is 0 Å². The van der Waals surface area contributed by atoms with E-state index in [1.165, 1.54) is 18.1 Å². The van der Waals surface area contributed by atoms with E-state index in [1.807, 2.05) is 11.0 Å². The van der Waals surface area contributed by atoms with Gasteiger partial charge in [-0.05, 0) is 50.9 Å². The predicted molar refractivity (Wildman–Crippen MR) is 105 cm³/mol. The molecule has 1 amide bonds. The number of thioether (sulfide) groups is 1. The van der Waals surface area contributed by atoms with Gasteiger partial charge < -0.3 is 19.0 Å². The number of fused-ring (bicyclic) bond motifs is 1. The standard InChI is InChI=1S/C19H27N5O3S/c1-23(2)15-6-12-8-24(9-13(12)7-17(15)26-3)18(25)16-5-4-14(27-16)10-28-19-20-11-21-22-19/h4-5,11-13,15,17H,6-10H2,1-3H3,(H,20,21,22)/t12-,13+,15-,17-/m1/s1. The number of furan rings is 1. The first kappa shape index (κ1) is 19.5. The van der Waals surface area contributed by atoms with Crippen LogP contribution in [0.5, 0.6) is 0 Å². The van der Waals surface area contributed by atoms with Crippen molar-refractivity contribution in [1.29, 1.82) is 0 Å². The number of ether oxygens (including phenoxy) is 1. The van der Waals surface area contributed by atoms with Gasteiger partial charge in [-0.2, -0.15) is 5.10 Å². The molecule has 0 spiro atoms. The van der Waals surface area contributed by atoms with Crippen molar-refractivity contribution in [2.45, 2.75) is 35.9 Å². The third-order valence-electron chi connectivity index (χ3n) is 5.95. The van der Waals surface area contributed by atoms with Crippen LogP contribution < -0.4 is 0 Å². The lowest BCUT2D eigenvalue weighted by Crippen LogP contribution is -2.47. The largest absolute Gasteiger partial charge is 0.455 e. The van der Waals surface area contributed by atoms with Gasteiger partial charge in [0.1, 0.15) is 12.1 Å². The van der Waals surface area contributed by atoms with E-state index in [-0.39, 0.29) is 12.0 Å². The molecule has 4 atom stereocenters. The van der Waals surface area contributed by atoms with Gasteiger partial charge in [-0.25, -0.2) is 4.98 Å². The van der Waals surface area contributed by atoms with Crippen molar-refractivity contribution in [2.24, 2.45) is 11.8 Å². The molecule has 8 nitrogen and oxygen atoms in total. The van der Waals surface area contributed by atoms with E-state index in [0.29, 0.717) is 29.4 Å². The molecular weight excluding hydrogens is 378 g/mol. The van der Waals surface area contributed by atoms with Crippen LogP contribution in [0.4, 0.5) is 0 Å². The zero-order chi connectivity index (χ0) is 19.7. The van der Waals surface area contributed by atoms with E-state index in [2.05, 4.69) is 34.2 Å². The van der Waals surface area contributed by atoms with Crippen LogP contribution in [-0.2, 0) is 10.5 Å². The average Bonchev–Trinajstić information content (AvgIpc) is 3.44. The summed E-state index contributed by atoms with van der Waals surface area (Å²) in [6.07, 6.45) is 3.78. The van der Waals surface area contributed by atoms with Crippen molar-refractivity contribution < 1.29 is 13.9 Å². The number of likely N-dealkylation sites (tertiary alicyclic amines) is 1. The van der Waals surface area contributed by atoms with Crippen LogP contribution in [0.1, 0.15) is 29.2 Å². The second kappa shape index (κ2) is 8.26. The molecule has 0 unspecified atom stereocenters. The molecule has 1 saturated carbocycles. The Labute approximate surface area is 169 Å². The van der Waals surface area contributed by atoms with E-state index in [9.17, 15) is 4.79 Å². The lowest BCUT2D eigenvalue weighted by Gasteiger charge is -2.40. The number of amides is 1. The summed E-state index contributed by atoms with van der Waals surface area (Å²) in [5.74, 6) is 2.79. The molecule has 1 aliphatic carbocycles. The van der Waals surface area contributed by atoms with Gasteiger partial charge in [0.25, 0.3) is 5.91 Å². The Bertz CT molecular complexity index is 793. The summed E-state index contributed by atoms with van der Waals surface area (Å²) in [7, 11) is 6.01. The van der Waals surface area contributed by atoms with Gasteiger partial charge in [0, 0.05) is 26.2 Å². The monoisotopic (exact) mass is 405 g/mol. The number of hydrogen-bond donors (Lipinski definition) is 1. The Morgan fingerprint density at radius 2 is 2.14 bits per heavy atom. The zero-order valence-corrected chi connectivity index (χ0v) is 17.3. The van der Waals surface area contributed by atoms with E-state index in [4.69, 9.17) is 9.15 Å². The van der Waals surface area contributed by atoms with Crippen LogP contribution in [0.2, 0.25) is 0 Å². The number of aromatic nitrogens is 3. The van der Waals surface area contributed by atoms with Gasteiger partial charge in [0.05, 0.1) is 11.9 Å². The molecule has 9 heteroatoms. The quantitative estimate of drug-likeness (QED) is 0.737. The van der Waals surface area contributed by atoms with E-state index >= 15 is 0 Å². The maximum absolute atomic E-state index is 13.0. The molecular formula is C19H27N5O3S. The molecule has 3 heterocycles. The number of methoxy groups -OCH3 is 1. The first-order chi connectivity index (χ1) is 13.5. The van der Waals surface area contributed by atoms with Gasteiger partial charge >= 0.3 is 0 Å². The Hall–Kier alpha value is -1.84. The maximum atomic E-state index is 13.0. The highest BCUT2D eigenvalue weighted by Gasteiger charge is 2.44. The SMILES string of the molecule is CO[C@@H]1C[C@H]2CN(C(=O)c3ccc(CSc4ncn[nH]4)o3)C[C@H]2C[C@H]1N(C)C. The van der Waals surface area contributed by atoms with Crippen molar-refractivity contribution in [3.63, 3.8) is 0 Å². The number of carbonyl (C=O) groups excluding carboxylic acids is 1. The fraction of sp³-hybridized carbons (Fsp3) is 0.632. The summed E-state index contributed by atoms with van der Waals surface area (Å²) in [5.41, 5.74) is 0. The van der Waals surface area contributed by atoms with Gasteiger partial charge in [0.15, 0.2) is 10.9 Å². The lowest BCUT2D eigenvalue weighted by atomic mass is 9.77. The van der Waals surface area contributed by atoms with E-state index in [0.717, 1.165) is 36.8 Å². The van der Waals surface area contributed by atoms with E-state index < -0.39 is 0 Å². The van der Waals surface area contributed by atoms with Crippen LogP contribution in [0.15, 0.2) is 28.0 Å². The second-order valence-electron chi connectivity index (χ2n) is 7.85. The number of aromatic amines is 1. The molecule has 0 bridgehead atoms. The van der Waals surface area contributed by atoms with Crippen LogP contribution in [-0.4, -0.2) is 77.3 Å². The Balaban J connectivity index is 1.37. The molecule has 1 aliphatic heterocycles. The highest BCUT2D eigenvalue weighted by atomic mass is 32.2. The summed E-state index contributed by atoms with van der Waals surface area (Å²) in [6.45, 7) is 1.58. The van der Waals surface area contributed by atoms with Crippen LogP contribution in [0, 0.1) is 11.8 Å². The van der Waals surface area contributed by atoms with Gasteiger partial charge in [-0.3, -0.25) is 9.89 Å². The van der Waals surface area contributed by atoms with Crippen LogP contribution >= 0.6 is 11.8 Å². The lowest BCUT2D eigenvalue weighted by molar-refractivity contribution is -0.0209. The molecule has 152 valence electrons. The smallest absolute Gasteiger partial charge is 0.289 e. The Kier molecular flexibility index (Phi) is 5.75. The number of nitrogens with zero attached hydrogens (tertiary/aromatic N) is 4. The predicted octanol–water partition coefficient (Wildman–Crippen LogP) is 2.12. The highest BCUT2D eigenvalue weighted by Crippen LogP contribution is 2.39. The minimum atomic E-state index is -0.0133. The molecule has 2 aliphatic rings. The minimum absolute atomic E-state index is 0.0133. The summed E-state index contributed by atoms with van der Waals surface area (Å²) in [6, 6.07) is 4.05. The molecule has 0 aromatic carbocycles. The van der Waals surface area contributed by atoms with Gasteiger partial charge in [0.2, 0.25) is 0 Å². The minimum Gasteiger partial charge on any atom is -0.455 e. The zero-order valence-electron chi connectivity index (χ0n) is 16.5. The van der Waals surface area contributed by atoms with Crippen molar-refractivity contribution >= 4 is 17.7 Å². The molecule has 28 heavy (non-hydrogen) atoms. The summed E-state index contributed by atoms with van der Waals surface area (Å²) in [4.78, 5) is 21.2. The second-order valence-corrected chi connectivity index (χ2v) is 8.82. The summed E-state index contributed by atoms with van der Waals surface area (Å²) < 4.78 is 11.5. The third-order valence-corrected chi connectivity index (χ3v) is 6.85. The highest BCUT2D eigenvalue weighted by molar-refractivity contribution is 7.98. The van der Waals surface area contributed by atoms with Crippen molar-refractivity contribution in [3.8, 4) is 0 Å². The number of likely N-dealkylation sites (N-methyl/N-ethyl adjacent to an activating group) is 1. The fourth-order valence-electron chi connectivity index (χ4n) is 4.48. The topological polar surface area (TPSA) is 87.5 Å². The average molecular weight is 406 g/mol. The van der Waals surface area contributed by atoms with Crippen molar-refractivity contribution in [3.05, 3.63) is 30.0 Å². The van der Waals surface area contributed by atoms with Crippen molar-refractivity contribution in [2.75, 3.05) is 34.3 Å². The third kappa shape index (κ3) is 3.97. The van der Waals surface area contributed by atoms with Crippen molar-refractivity contribution in [1.82, 2.24) is 25.0 Å². The summed E-state index contributed by atoms with van der Waals surface area (Å²) >= 11 is 1.49.